The summed E-state index contributed by atoms with van der Waals surface area (Å²) in [7, 11) is 0. The average Bonchev–Trinajstić information content (AvgIpc) is 3.92. The van der Waals surface area contributed by atoms with Crippen molar-refractivity contribution in [2.75, 3.05) is 52.7 Å². The van der Waals surface area contributed by atoms with Crippen LogP contribution in [0.3, 0.4) is 0 Å². The number of ether oxygens (including phenoxy) is 3. The zero-order valence-corrected chi connectivity index (χ0v) is 33.1. The molecular formula is C42H61N5O8. The van der Waals surface area contributed by atoms with Crippen LogP contribution < -0.4 is 21.3 Å². The molecule has 0 saturated carbocycles. The third-order valence-electron chi connectivity index (χ3n) is 9.80. The van der Waals surface area contributed by atoms with E-state index in [-0.39, 0.29) is 37.1 Å². The molecule has 2 aromatic carbocycles. The van der Waals surface area contributed by atoms with Crippen LogP contribution in [0.2, 0.25) is 0 Å². The van der Waals surface area contributed by atoms with Crippen LogP contribution in [-0.2, 0) is 51.0 Å². The monoisotopic (exact) mass is 763 g/mol. The number of aryl methyl sites for hydroxylation is 1. The van der Waals surface area contributed by atoms with Crippen LogP contribution >= 0.6 is 0 Å². The standard InChI is InChI=1S/C42H61N5O8/c1-29(2)24-34(38(49)42(5)28-55-42)44-41(52)36(26-32-14-10-7-11-15-32)46-40(51)35(25-30(3)4)45-39(50)33(17-16-31-12-8-6-9-13-31)43-37(48)27-54-23-20-47-18-21-53-22-19-47/h6-15,29-30,33-36H,16-28H2,1-5H3,(H,43,48)(H,44,52)(H,45,50)(H,46,51)/t33-,34-,35-,36-,42-/m0/s1. The number of nitrogens with zero attached hydrogens (tertiary/aromatic N) is 1. The predicted octanol–water partition coefficient (Wildman–Crippen LogP) is 2.60. The zero-order chi connectivity index (χ0) is 39.8. The summed E-state index contributed by atoms with van der Waals surface area (Å²) < 4.78 is 16.5. The van der Waals surface area contributed by atoms with Gasteiger partial charge in [-0.1, -0.05) is 88.4 Å². The van der Waals surface area contributed by atoms with Crippen LogP contribution in [-0.4, -0.2) is 117 Å². The number of hydrogen-bond acceptors (Lipinski definition) is 9. The molecule has 0 aliphatic carbocycles. The molecule has 2 fully saturated rings. The Morgan fingerprint density at radius 1 is 0.727 bits per heavy atom. The van der Waals surface area contributed by atoms with Crippen LogP contribution in [0.1, 0.15) is 65.0 Å². The van der Waals surface area contributed by atoms with Gasteiger partial charge in [-0.3, -0.25) is 28.9 Å². The van der Waals surface area contributed by atoms with Crippen LogP contribution in [0.15, 0.2) is 60.7 Å². The Balaban J connectivity index is 1.46. The summed E-state index contributed by atoms with van der Waals surface area (Å²) in [4.78, 5) is 70.7. The number of nitrogens with one attached hydrogen (secondary N) is 4. The van der Waals surface area contributed by atoms with Crippen molar-refractivity contribution in [1.29, 1.82) is 0 Å². The first-order valence-electron chi connectivity index (χ1n) is 19.7. The first-order valence-corrected chi connectivity index (χ1v) is 19.7. The van der Waals surface area contributed by atoms with Crippen LogP contribution in [0.25, 0.3) is 0 Å². The second kappa shape index (κ2) is 21.8. The van der Waals surface area contributed by atoms with Crippen molar-refractivity contribution < 1.29 is 38.2 Å². The topological polar surface area (TPSA) is 168 Å². The highest BCUT2D eigenvalue weighted by molar-refractivity contribution is 5.98. The number of carbonyl (C=O) groups excluding carboxylic acids is 5. The van der Waals surface area contributed by atoms with Gasteiger partial charge >= 0.3 is 0 Å². The van der Waals surface area contributed by atoms with Crippen molar-refractivity contribution in [1.82, 2.24) is 26.2 Å². The fourth-order valence-electron chi connectivity index (χ4n) is 6.54. The zero-order valence-electron chi connectivity index (χ0n) is 33.1. The highest BCUT2D eigenvalue weighted by Gasteiger charge is 2.50. The summed E-state index contributed by atoms with van der Waals surface area (Å²) in [5, 5.41) is 11.5. The molecule has 5 atom stereocenters. The molecule has 4 amide bonds. The number of rotatable bonds is 23. The SMILES string of the molecule is CC(C)C[C@H](NC(=O)[C@H](CCc1ccccc1)NC(=O)COCCN1CCOCC1)C(=O)N[C@@H](Cc1ccccc1)C(=O)N[C@@H](CC(C)C)C(=O)[C@]1(C)CO1. The molecule has 0 aromatic heterocycles. The van der Waals surface area contributed by atoms with Gasteiger partial charge in [0.25, 0.3) is 0 Å². The molecule has 0 spiro atoms. The molecule has 4 rings (SSSR count). The van der Waals surface area contributed by atoms with Crippen molar-refractivity contribution in [2.45, 2.75) is 96.5 Å². The number of amides is 4. The van der Waals surface area contributed by atoms with Gasteiger partial charge in [0.2, 0.25) is 23.6 Å². The fourth-order valence-corrected chi connectivity index (χ4v) is 6.54. The highest BCUT2D eigenvalue weighted by Crippen LogP contribution is 2.29. The third kappa shape index (κ3) is 15.1. The Kier molecular flexibility index (Phi) is 17.3. The quantitative estimate of drug-likeness (QED) is 0.0983. The molecule has 2 aliphatic rings. The number of hydrogen-bond donors (Lipinski definition) is 4. The lowest BCUT2D eigenvalue weighted by atomic mass is 9.93. The molecule has 0 radical (unpaired) electrons. The van der Waals surface area contributed by atoms with Crippen molar-refractivity contribution >= 4 is 29.4 Å². The smallest absolute Gasteiger partial charge is 0.246 e. The van der Waals surface area contributed by atoms with Gasteiger partial charge < -0.3 is 35.5 Å². The summed E-state index contributed by atoms with van der Waals surface area (Å²) in [6.07, 6.45) is 1.66. The number of ketones is 1. The molecule has 0 unspecified atom stereocenters. The number of epoxide rings is 1. The van der Waals surface area contributed by atoms with Crippen molar-refractivity contribution in [3.63, 3.8) is 0 Å². The molecule has 55 heavy (non-hydrogen) atoms. The Morgan fingerprint density at radius 2 is 1.25 bits per heavy atom. The van der Waals surface area contributed by atoms with Crippen LogP contribution in [0.5, 0.6) is 0 Å². The van der Waals surface area contributed by atoms with Crippen LogP contribution in [0.4, 0.5) is 0 Å². The lowest BCUT2D eigenvalue weighted by Crippen LogP contribution is -2.59. The number of Topliss-reactive ketones (excluding diaryl/α,β-unsaturated/α-hetero) is 1. The second-order valence-corrected chi connectivity index (χ2v) is 15.7. The van der Waals surface area contributed by atoms with E-state index in [2.05, 4.69) is 26.2 Å². The Labute approximate surface area is 326 Å². The molecule has 2 saturated heterocycles. The van der Waals surface area contributed by atoms with Crippen molar-refractivity contribution in [3.8, 4) is 0 Å². The van der Waals surface area contributed by atoms with Gasteiger partial charge in [-0.2, -0.15) is 0 Å². The lowest BCUT2D eigenvalue weighted by Gasteiger charge is -2.28. The first-order chi connectivity index (χ1) is 26.3. The van der Waals surface area contributed by atoms with E-state index in [9.17, 15) is 24.0 Å². The van der Waals surface area contributed by atoms with E-state index in [4.69, 9.17) is 14.2 Å². The van der Waals surface area contributed by atoms with Gasteiger partial charge in [0.1, 0.15) is 30.3 Å². The van der Waals surface area contributed by atoms with E-state index in [1.54, 1.807) is 6.92 Å². The van der Waals surface area contributed by atoms with Crippen molar-refractivity contribution in [3.05, 3.63) is 71.8 Å². The van der Waals surface area contributed by atoms with Crippen molar-refractivity contribution in [2.24, 2.45) is 11.8 Å². The summed E-state index contributed by atoms with van der Waals surface area (Å²) in [6, 6.07) is 15.1. The molecule has 2 aromatic rings. The summed E-state index contributed by atoms with van der Waals surface area (Å²) in [5.41, 5.74) is 0.880. The number of morpholine rings is 1. The average molecular weight is 764 g/mol. The van der Waals surface area contributed by atoms with Gasteiger partial charge in [-0.25, -0.2) is 0 Å². The summed E-state index contributed by atoms with van der Waals surface area (Å²) in [5.74, 6) is -2.07. The number of carbonyl (C=O) groups is 5. The fraction of sp³-hybridized carbons (Fsp3) is 0.595. The van der Waals surface area contributed by atoms with Gasteiger partial charge in [0.05, 0.1) is 32.5 Å². The molecule has 2 heterocycles. The van der Waals surface area contributed by atoms with E-state index in [0.717, 1.165) is 24.2 Å². The predicted molar refractivity (Wildman–Crippen MR) is 209 cm³/mol. The van der Waals surface area contributed by atoms with Gasteiger partial charge in [-0.05, 0) is 55.6 Å². The van der Waals surface area contributed by atoms with E-state index >= 15 is 0 Å². The normalized spacial score (nSPS) is 19.2. The van der Waals surface area contributed by atoms with Crippen LogP contribution in [0, 0.1) is 11.8 Å². The van der Waals surface area contributed by atoms with Gasteiger partial charge in [-0.15, -0.1) is 0 Å². The molecule has 302 valence electrons. The molecule has 13 nitrogen and oxygen atoms in total. The first kappa shape index (κ1) is 43.6. The molecule has 4 N–H and O–H groups in total. The van der Waals surface area contributed by atoms with E-state index in [1.807, 2.05) is 88.4 Å². The minimum absolute atomic E-state index is 0.00186. The maximum atomic E-state index is 14.1. The lowest BCUT2D eigenvalue weighted by molar-refractivity contribution is -0.135. The highest BCUT2D eigenvalue weighted by atomic mass is 16.6. The molecular weight excluding hydrogens is 702 g/mol. The van der Waals surface area contributed by atoms with E-state index in [1.165, 1.54) is 0 Å². The minimum atomic E-state index is -1.04. The van der Waals surface area contributed by atoms with E-state index < -0.39 is 53.4 Å². The summed E-state index contributed by atoms with van der Waals surface area (Å²) >= 11 is 0. The van der Waals surface area contributed by atoms with Gasteiger partial charge in [0, 0.05) is 26.1 Å². The minimum Gasteiger partial charge on any atom is -0.379 e. The molecule has 13 heteroatoms. The molecule has 2 aliphatic heterocycles. The second-order valence-electron chi connectivity index (χ2n) is 15.7. The molecule has 0 bridgehead atoms. The van der Waals surface area contributed by atoms with Gasteiger partial charge in [0.15, 0.2) is 5.78 Å². The Morgan fingerprint density at radius 3 is 1.85 bits per heavy atom. The maximum absolute atomic E-state index is 14.1. The number of benzene rings is 2. The summed E-state index contributed by atoms with van der Waals surface area (Å²) in [6.45, 7) is 13.6. The maximum Gasteiger partial charge on any atom is 0.246 e. The Bertz CT molecular complexity index is 1530. The van der Waals surface area contributed by atoms with E-state index in [0.29, 0.717) is 52.2 Å². The largest absolute Gasteiger partial charge is 0.379 e. The Hall–Kier alpha value is -4.17. The third-order valence-corrected chi connectivity index (χ3v) is 9.80.